The molecule has 6 nitrogen and oxygen atoms in total. The van der Waals surface area contributed by atoms with E-state index in [1.165, 1.54) is 4.31 Å². The van der Waals surface area contributed by atoms with E-state index in [0.29, 0.717) is 0 Å². The van der Waals surface area contributed by atoms with Crippen LogP contribution in [0.3, 0.4) is 0 Å². The topological polar surface area (TPSA) is 87.1 Å². The normalized spacial score (nSPS) is 29.3. The van der Waals surface area contributed by atoms with Crippen LogP contribution in [-0.4, -0.2) is 67.2 Å². The highest BCUT2D eigenvalue weighted by Crippen LogP contribution is 2.15. The van der Waals surface area contributed by atoms with Crippen molar-refractivity contribution in [3.8, 4) is 0 Å². The van der Waals surface area contributed by atoms with Gasteiger partial charge in [0.05, 0.1) is 31.7 Å². The minimum atomic E-state index is -3.43. The van der Waals surface area contributed by atoms with Crippen LogP contribution in [0.2, 0.25) is 0 Å². The number of rotatable bonds is 4. The minimum Gasteiger partial charge on any atom is -0.395 e. The van der Waals surface area contributed by atoms with Gasteiger partial charge in [0.15, 0.2) is 0 Å². The molecule has 1 aliphatic rings. The fourth-order valence-corrected chi connectivity index (χ4v) is 2.99. The summed E-state index contributed by atoms with van der Waals surface area (Å²) in [5.41, 5.74) is 0. The molecule has 0 amide bonds. The van der Waals surface area contributed by atoms with Crippen LogP contribution in [0.1, 0.15) is 6.92 Å². The summed E-state index contributed by atoms with van der Waals surface area (Å²) in [5, 5.41) is 17.6. The van der Waals surface area contributed by atoms with E-state index in [9.17, 15) is 8.42 Å². The second-order valence-corrected chi connectivity index (χ2v) is 5.64. The van der Waals surface area contributed by atoms with Gasteiger partial charge in [0, 0.05) is 12.6 Å². The van der Waals surface area contributed by atoms with Crippen LogP contribution in [0.25, 0.3) is 0 Å². The van der Waals surface area contributed by atoms with E-state index < -0.39 is 22.7 Å². The SMILES string of the molecule is CC1COC(CO)CN1S(=O)(=O)CCO. The number of aliphatic hydroxyl groups is 2. The summed E-state index contributed by atoms with van der Waals surface area (Å²) in [6.45, 7) is 1.58. The fourth-order valence-electron chi connectivity index (χ4n) is 1.52. The monoisotopic (exact) mass is 239 g/mol. The van der Waals surface area contributed by atoms with Gasteiger partial charge in [-0.3, -0.25) is 0 Å². The van der Waals surface area contributed by atoms with Crippen molar-refractivity contribution in [1.29, 1.82) is 0 Å². The number of morpholine rings is 1. The molecule has 0 spiro atoms. The Morgan fingerprint density at radius 3 is 2.67 bits per heavy atom. The van der Waals surface area contributed by atoms with Crippen molar-refractivity contribution in [2.24, 2.45) is 0 Å². The first kappa shape index (κ1) is 12.9. The zero-order valence-corrected chi connectivity index (χ0v) is 9.48. The van der Waals surface area contributed by atoms with Crippen LogP contribution in [0.5, 0.6) is 0 Å². The summed E-state index contributed by atoms with van der Waals surface area (Å²) >= 11 is 0. The molecule has 1 fully saturated rings. The van der Waals surface area contributed by atoms with E-state index in [1.54, 1.807) is 6.92 Å². The Bertz CT molecular complexity index is 291. The summed E-state index contributed by atoms with van der Waals surface area (Å²) in [7, 11) is -3.43. The molecule has 0 aromatic rings. The zero-order valence-electron chi connectivity index (χ0n) is 8.66. The average Bonchev–Trinajstić information content (AvgIpc) is 2.18. The Balaban J connectivity index is 2.73. The number of aliphatic hydroxyl groups excluding tert-OH is 2. The molecular weight excluding hydrogens is 222 g/mol. The maximum atomic E-state index is 11.7. The van der Waals surface area contributed by atoms with E-state index in [0.717, 1.165) is 0 Å². The van der Waals surface area contributed by atoms with Gasteiger partial charge in [-0.05, 0) is 6.92 Å². The van der Waals surface area contributed by atoms with Gasteiger partial charge in [0.2, 0.25) is 10.0 Å². The molecule has 0 saturated carbocycles. The molecule has 1 heterocycles. The summed E-state index contributed by atoms with van der Waals surface area (Å²) in [6, 6.07) is -0.246. The van der Waals surface area contributed by atoms with Crippen molar-refractivity contribution in [2.45, 2.75) is 19.1 Å². The van der Waals surface area contributed by atoms with Gasteiger partial charge in [0.1, 0.15) is 0 Å². The van der Waals surface area contributed by atoms with E-state index in [4.69, 9.17) is 14.9 Å². The summed E-state index contributed by atoms with van der Waals surface area (Å²) < 4.78 is 29.9. The zero-order chi connectivity index (χ0) is 11.5. The molecule has 15 heavy (non-hydrogen) atoms. The number of ether oxygens (including phenoxy) is 1. The second kappa shape index (κ2) is 5.22. The first-order chi connectivity index (χ1) is 7.01. The Kier molecular flexibility index (Phi) is 4.47. The predicted molar refractivity (Wildman–Crippen MR) is 53.9 cm³/mol. The minimum absolute atomic E-state index is 0.153. The number of nitrogens with zero attached hydrogens (tertiary/aromatic N) is 1. The smallest absolute Gasteiger partial charge is 0.216 e. The summed E-state index contributed by atoms with van der Waals surface area (Å²) in [6.07, 6.45) is -0.463. The molecule has 1 aliphatic heterocycles. The lowest BCUT2D eigenvalue weighted by Crippen LogP contribution is -2.52. The van der Waals surface area contributed by atoms with Crippen molar-refractivity contribution in [2.75, 3.05) is 32.1 Å². The Hall–Kier alpha value is -0.210. The van der Waals surface area contributed by atoms with Gasteiger partial charge in [-0.2, -0.15) is 4.31 Å². The van der Waals surface area contributed by atoms with Crippen LogP contribution in [0, 0.1) is 0 Å². The third-order valence-corrected chi connectivity index (χ3v) is 4.28. The third-order valence-electron chi connectivity index (χ3n) is 2.36. The maximum Gasteiger partial charge on any atom is 0.216 e. The number of hydrogen-bond donors (Lipinski definition) is 2. The van der Waals surface area contributed by atoms with Gasteiger partial charge in [0.25, 0.3) is 0 Å². The van der Waals surface area contributed by atoms with Crippen molar-refractivity contribution in [3.05, 3.63) is 0 Å². The lowest BCUT2D eigenvalue weighted by Gasteiger charge is -2.36. The van der Waals surface area contributed by atoms with Gasteiger partial charge >= 0.3 is 0 Å². The molecule has 0 aromatic heterocycles. The highest BCUT2D eigenvalue weighted by Gasteiger charge is 2.33. The van der Waals surface area contributed by atoms with Crippen LogP contribution >= 0.6 is 0 Å². The fraction of sp³-hybridized carbons (Fsp3) is 1.00. The molecule has 0 aromatic carbocycles. The molecule has 90 valence electrons. The van der Waals surface area contributed by atoms with Crippen LogP contribution in [0.4, 0.5) is 0 Å². The van der Waals surface area contributed by atoms with Gasteiger partial charge in [-0.15, -0.1) is 0 Å². The Labute approximate surface area is 89.5 Å². The lowest BCUT2D eigenvalue weighted by molar-refractivity contribution is -0.0516. The average molecular weight is 239 g/mol. The van der Waals surface area contributed by atoms with E-state index in [-0.39, 0.29) is 31.6 Å². The molecule has 7 heteroatoms. The standard InChI is InChI=1S/C8H17NO5S/c1-7-6-14-8(5-11)4-9(7)15(12,13)3-2-10/h7-8,10-11H,2-6H2,1H3. The van der Waals surface area contributed by atoms with Crippen molar-refractivity contribution in [1.82, 2.24) is 4.31 Å². The van der Waals surface area contributed by atoms with Crippen molar-refractivity contribution in [3.63, 3.8) is 0 Å². The van der Waals surface area contributed by atoms with Crippen molar-refractivity contribution < 1.29 is 23.4 Å². The van der Waals surface area contributed by atoms with E-state index >= 15 is 0 Å². The third kappa shape index (κ3) is 3.12. The Morgan fingerprint density at radius 2 is 2.13 bits per heavy atom. The largest absolute Gasteiger partial charge is 0.395 e. The predicted octanol–water partition coefficient (Wildman–Crippen LogP) is -1.61. The molecule has 2 unspecified atom stereocenters. The van der Waals surface area contributed by atoms with E-state index in [2.05, 4.69) is 0 Å². The molecule has 1 rings (SSSR count). The van der Waals surface area contributed by atoms with Crippen LogP contribution in [0.15, 0.2) is 0 Å². The molecule has 0 aliphatic carbocycles. The molecule has 0 radical (unpaired) electrons. The summed E-state index contributed by atoms with van der Waals surface area (Å²) in [5.74, 6) is -0.282. The van der Waals surface area contributed by atoms with Crippen LogP contribution < -0.4 is 0 Å². The van der Waals surface area contributed by atoms with Crippen LogP contribution in [-0.2, 0) is 14.8 Å². The first-order valence-electron chi connectivity index (χ1n) is 4.84. The highest BCUT2D eigenvalue weighted by molar-refractivity contribution is 7.89. The van der Waals surface area contributed by atoms with Gasteiger partial charge in [-0.1, -0.05) is 0 Å². The number of sulfonamides is 1. The highest BCUT2D eigenvalue weighted by atomic mass is 32.2. The molecule has 0 bridgehead atoms. The molecule has 2 atom stereocenters. The maximum absolute atomic E-state index is 11.7. The first-order valence-corrected chi connectivity index (χ1v) is 6.45. The second-order valence-electron chi connectivity index (χ2n) is 3.60. The van der Waals surface area contributed by atoms with Crippen molar-refractivity contribution >= 4 is 10.0 Å². The Morgan fingerprint density at radius 1 is 1.47 bits per heavy atom. The molecule has 1 saturated heterocycles. The molecule has 2 N–H and O–H groups in total. The quantitative estimate of drug-likeness (QED) is 0.616. The summed E-state index contributed by atoms with van der Waals surface area (Å²) in [4.78, 5) is 0. The van der Waals surface area contributed by atoms with Gasteiger partial charge in [-0.25, -0.2) is 8.42 Å². The van der Waals surface area contributed by atoms with E-state index in [1.807, 2.05) is 0 Å². The van der Waals surface area contributed by atoms with Gasteiger partial charge < -0.3 is 14.9 Å². The number of hydrogen-bond acceptors (Lipinski definition) is 5. The lowest BCUT2D eigenvalue weighted by atomic mass is 10.2. The molecular formula is C8H17NO5S.